The summed E-state index contributed by atoms with van der Waals surface area (Å²) in [5, 5.41) is 2.78. The van der Waals surface area contributed by atoms with Gasteiger partial charge in [0, 0.05) is 10.3 Å². The molecule has 0 spiro atoms. The van der Waals surface area contributed by atoms with E-state index in [0.29, 0.717) is 17.2 Å². The summed E-state index contributed by atoms with van der Waals surface area (Å²) < 4.78 is 27.0. The summed E-state index contributed by atoms with van der Waals surface area (Å²) in [4.78, 5) is 5.20. The maximum atomic E-state index is 12.1. The van der Waals surface area contributed by atoms with E-state index in [0.717, 1.165) is 15.6 Å². The van der Waals surface area contributed by atoms with Crippen LogP contribution in [0.15, 0.2) is 21.7 Å². The summed E-state index contributed by atoms with van der Waals surface area (Å²) >= 11 is 2.76. The number of thiazole rings is 1. The number of thiophene rings is 1. The Bertz CT molecular complexity index is 646. The summed E-state index contributed by atoms with van der Waals surface area (Å²) in [6.07, 6.45) is 0.700. The molecule has 2 heterocycles. The van der Waals surface area contributed by atoms with Crippen LogP contribution in [-0.4, -0.2) is 19.9 Å². The van der Waals surface area contributed by atoms with Crippen molar-refractivity contribution in [3.05, 3.63) is 33.1 Å². The van der Waals surface area contributed by atoms with Gasteiger partial charge < -0.3 is 5.73 Å². The minimum absolute atomic E-state index is 0.219. The van der Waals surface area contributed by atoms with Crippen LogP contribution in [-0.2, 0) is 23.0 Å². The Labute approximate surface area is 120 Å². The number of nitrogens with one attached hydrogen (secondary N) is 1. The fourth-order valence-electron chi connectivity index (χ4n) is 1.51. The van der Waals surface area contributed by atoms with Crippen molar-refractivity contribution in [2.24, 2.45) is 5.73 Å². The van der Waals surface area contributed by atoms with Crippen molar-refractivity contribution in [1.29, 1.82) is 0 Å². The minimum Gasteiger partial charge on any atom is -0.330 e. The number of rotatable bonds is 6. The topological polar surface area (TPSA) is 85.1 Å². The third-order valence-electron chi connectivity index (χ3n) is 2.40. The van der Waals surface area contributed by atoms with Crippen LogP contribution in [0.25, 0.3) is 0 Å². The SMILES string of the molecule is Cc1nc(CNS(=O)(=O)c2ccc(CCN)s2)cs1. The number of sulfonamides is 1. The average Bonchev–Trinajstić information content (AvgIpc) is 2.97. The van der Waals surface area contributed by atoms with Gasteiger partial charge in [-0.25, -0.2) is 18.1 Å². The second-order valence-electron chi connectivity index (χ2n) is 3.94. The molecule has 0 atom stereocenters. The normalized spacial score (nSPS) is 11.9. The van der Waals surface area contributed by atoms with E-state index in [1.54, 1.807) is 12.1 Å². The maximum Gasteiger partial charge on any atom is 0.250 e. The molecule has 8 heteroatoms. The summed E-state index contributed by atoms with van der Waals surface area (Å²) in [5.74, 6) is 0. The second kappa shape index (κ2) is 6.10. The number of nitrogens with two attached hydrogens (primary N) is 1. The van der Waals surface area contributed by atoms with Crippen LogP contribution in [0, 0.1) is 6.92 Å². The van der Waals surface area contributed by atoms with Crippen LogP contribution in [0.4, 0.5) is 0 Å². The van der Waals surface area contributed by atoms with Crippen molar-refractivity contribution in [2.45, 2.75) is 24.1 Å². The van der Waals surface area contributed by atoms with Gasteiger partial charge in [-0.2, -0.15) is 0 Å². The largest absolute Gasteiger partial charge is 0.330 e. The zero-order chi connectivity index (χ0) is 13.9. The molecule has 0 unspecified atom stereocenters. The quantitative estimate of drug-likeness (QED) is 0.845. The van der Waals surface area contributed by atoms with E-state index < -0.39 is 10.0 Å². The van der Waals surface area contributed by atoms with Gasteiger partial charge in [-0.1, -0.05) is 0 Å². The van der Waals surface area contributed by atoms with E-state index in [2.05, 4.69) is 9.71 Å². The molecule has 2 aromatic heterocycles. The molecule has 0 aromatic carbocycles. The Morgan fingerprint density at radius 1 is 1.42 bits per heavy atom. The highest BCUT2D eigenvalue weighted by atomic mass is 32.2. The second-order valence-corrected chi connectivity index (χ2v) is 8.17. The molecule has 0 saturated carbocycles. The van der Waals surface area contributed by atoms with E-state index in [1.165, 1.54) is 22.7 Å². The van der Waals surface area contributed by atoms with Gasteiger partial charge in [0.2, 0.25) is 10.0 Å². The lowest BCUT2D eigenvalue weighted by Gasteiger charge is -2.02. The van der Waals surface area contributed by atoms with Crippen molar-refractivity contribution in [3.63, 3.8) is 0 Å². The smallest absolute Gasteiger partial charge is 0.250 e. The third-order valence-corrected chi connectivity index (χ3v) is 6.26. The van der Waals surface area contributed by atoms with E-state index >= 15 is 0 Å². The maximum absolute atomic E-state index is 12.1. The lowest BCUT2D eigenvalue weighted by molar-refractivity contribution is 0.582. The lowest BCUT2D eigenvalue weighted by atomic mass is 10.3. The molecule has 2 aromatic rings. The average molecular weight is 317 g/mol. The first-order valence-corrected chi connectivity index (χ1v) is 8.88. The van der Waals surface area contributed by atoms with Crippen LogP contribution in [0.2, 0.25) is 0 Å². The number of aromatic nitrogens is 1. The molecule has 2 rings (SSSR count). The Morgan fingerprint density at radius 2 is 2.21 bits per heavy atom. The molecule has 0 aliphatic rings. The zero-order valence-corrected chi connectivity index (χ0v) is 12.9. The van der Waals surface area contributed by atoms with Crippen LogP contribution < -0.4 is 10.5 Å². The van der Waals surface area contributed by atoms with Gasteiger partial charge in [0.1, 0.15) is 4.21 Å². The molecule has 0 aliphatic carbocycles. The third kappa shape index (κ3) is 3.83. The van der Waals surface area contributed by atoms with Gasteiger partial charge in [-0.05, 0) is 32.0 Å². The molecule has 0 aliphatic heterocycles. The molecule has 3 N–H and O–H groups in total. The molecule has 19 heavy (non-hydrogen) atoms. The molecule has 0 amide bonds. The number of hydrogen-bond donors (Lipinski definition) is 2. The van der Waals surface area contributed by atoms with Gasteiger partial charge in [-0.15, -0.1) is 22.7 Å². The number of nitrogens with zero attached hydrogens (tertiary/aromatic N) is 1. The van der Waals surface area contributed by atoms with Crippen LogP contribution in [0.3, 0.4) is 0 Å². The van der Waals surface area contributed by atoms with Crippen molar-refractivity contribution in [3.8, 4) is 0 Å². The van der Waals surface area contributed by atoms with Crippen molar-refractivity contribution >= 4 is 32.7 Å². The van der Waals surface area contributed by atoms with Crippen LogP contribution in [0.5, 0.6) is 0 Å². The molecule has 0 saturated heterocycles. The molecule has 0 fully saturated rings. The number of hydrogen-bond acceptors (Lipinski definition) is 6. The highest BCUT2D eigenvalue weighted by Crippen LogP contribution is 2.22. The molecule has 0 radical (unpaired) electrons. The van der Waals surface area contributed by atoms with Crippen LogP contribution >= 0.6 is 22.7 Å². The Morgan fingerprint density at radius 3 is 2.84 bits per heavy atom. The fourth-order valence-corrected chi connectivity index (χ4v) is 4.54. The zero-order valence-electron chi connectivity index (χ0n) is 10.4. The first-order valence-electron chi connectivity index (χ1n) is 5.71. The van der Waals surface area contributed by atoms with Gasteiger partial charge in [-0.3, -0.25) is 0 Å². The van der Waals surface area contributed by atoms with Gasteiger partial charge >= 0.3 is 0 Å². The van der Waals surface area contributed by atoms with E-state index in [-0.39, 0.29) is 6.54 Å². The molecular weight excluding hydrogens is 302 g/mol. The van der Waals surface area contributed by atoms with Crippen LogP contribution in [0.1, 0.15) is 15.6 Å². The lowest BCUT2D eigenvalue weighted by Crippen LogP contribution is -2.22. The highest BCUT2D eigenvalue weighted by molar-refractivity contribution is 7.91. The minimum atomic E-state index is -3.45. The molecule has 104 valence electrons. The van der Waals surface area contributed by atoms with Gasteiger partial charge in [0.05, 0.1) is 17.2 Å². The molecular formula is C11H15N3O2S3. The fraction of sp³-hybridized carbons (Fsp3) is 0.364. The van der Waals surface area contributed by atoms with Crippen molar-refractivity contribution < 1.29 is 8.42 Å². The first kappa shape index (κ1) is 14.6. The number of aryl methyl sites for hydroxylation is 1. The van der Waals surface area contributed by atoms with E-state index in [4.69, 9.17) is 5.73 Å². The Kier molecular flexibility index (Phi) is 4.69. The Balaban J connectivity index is 2.04. The Hall–Kier alpha value is -0.800. The summed E-state index contributed by atoms with van der Waals surface area (Å²) in [6, 6.07) is 3.42. The predicted molar refractivity (Wildman–Crippen MR) is 78.0 cm³/mol. The van der Waals surface area contributed by atoms with Gasteiger partial charge in [0.25, 0.3) is 0 Å². The summed E-state index contributed by atoms with van der Waals surface area (Å²) in [6.45, 7) is 2.63. The predicted octanol–water partition coefficient (Wildman–Crippen LogP) is 1.49. The van der Waals surface area contributed by atoms with E-state index in [1.807, 2.05) is 12.3 Å². The summed E-state index contributed by atoms with van der Waals surface area (Å²) in [5.41, 5.74) is 6.19. The summed E-state index contributed by atoms with van der Waals surface area (Å²) in [7, 11) is -3.45. The molecule has 0 bridgehead atoms. The van der Waals surface area contributed by atoms with Gasteiger partial charge in [0.15, 0.2) is 0 Å². The molecule has 5 nitrogen and oxygen atoms in total. The van der Waals surface area contributed by atoms with Crippen molar-refractivity contribution in [1.82, 2.24) is 9.71 Å². The first-order chi connectivity index (χ1) is 9.01. The monoisotopic (exact) mass is 317 g/mol. The van der Waals surface area contributed by atoms with Crippen molar-refractivity contribution in [2.75, 3.05) is 6.54 Å². The highest BCUT2D eigenvalue weighted by Gasteiger charge is 2.16. The standard InChI is InChI=1S/C11H15N3O2S3/c1-8-14-9(7-17-8)6-13-19(15,16)11-3-2-10(18-11)4-5-12/h2-3,7,13H,4-6,12H2,1H3. The van der Waals surface area contributed by atoms with E-state index in [9.17, 15) is 8.42 Å².